The third-order valence-corrected chi connectivity index (χ3v) is 0. The van der Waals surface area contributed by atoms with Gasteiger partial charge in [0.2, 0.25) is 0 Å². The van der Waals surface area contributed by atoms with Gasteiger partial charge in [-0.15, -0.1) is 0 Å². The van der Waals surface area contributed by atoms with E-state index in [4.69, 9.17) is 0 Å². The van der Waals surface area contributed by atoms with Crippen molar-refractivity contribution < 1.29 is 35.0 Å². The number of hydrogen-bond acceptors (Lipinski definition) is 2. The molecule has 0 amide bonds. The van der Waals surface area contributed by atoms with Gasteiger partial charge in [-0.05, 0) is 0 Å². The Labute approximate surface area is 42.0 Å². The minimum absolute atomic E-state index is 0. The van der Waals surface area contributed by atoms with Crippen molar-refractivity contribution in [2.45, 2.75) is 0 Å². The third kappa shape index (κ3) is 144. The van der Waals surface area contributed by atoms with Crippen molar-refractivity contribution in [2.75, 3.05) is 0 Å². The summed E-state index contributed by atoms with van der Waals surface area (Å²) in [5.74, 6) is 0. The maximum atomic E-state index is 0. The van der Waals surface area contributed by atoms with Gasteiger partial charge in [-0.2, -0.15) is 0 Å². The molecule has 0 aliphatic carbocycles. The van der Waals surface area contributed by atoms with Crippen molar-refractivity contribution in [1.82, 2.24) is 6.15 Å². The molecule has 0 saturated carbocycles. The summed E-state index contributed by atoms with van der Waals surface area (Å²) in [4.78, 5) is 0. The predicted molar refractivity (Wildman–Crippen MR) is 8.33 cm³/mol. The third-order valence-electron chi connectivity index (χ3n) is 0. The molecule has 0 bridgehead atoms. The smallest absolute Gasteiger partial charge is 0 e. The van der Waals surface area contributed by atoms with Gasteiger partial charge in [0.25, 0.3) is 0 Å². The quantitative estimate of drug-likeness (QED) is 0.469. The minimum atomic E-state index is 0. The zero-order valence-corrected chi connectivity index (χ0v) is 3.81. The molecular formula is H4NO3V-5. The van der Waals surface area contributed by atoms with E-state index in [9.17, 15) is 0 Å². The van der Waals surface area contributed by atoms with Crippen LogP contribution in [-0.4, -0.2) is 5.48 Å². The Morgan fingerprint density at radius 1 is 0.800 bits per heavy atom. The van der Waals surface area contributed by atoms with E-state index < -0.39 is 0 Å². The zero-order chi connectivity index (χ0) is 0. The summed E-state index contributed by atoms with van der Waals surface area (Å²) in [6.07, 6.45) is 0. The fraction of sp³-hybridized carbons (Fsp3) is 0. The summed E-state index contributed by atoms with van der Waals surface area (Å²) in [6, 6.07) is 0. The first-order chi connectivity index (χ1) is 0. The van der Waals surface area contributed by atoms with E-state index in [-0.39, 0.29) is 41.1 Å². The first kappa shape index (κ1) is 589. The number of hydrogen-bond donors (Lipinski definition) is 1. The first-order valence-corrected chi connectivity index (χ1v) is 0. The Hall–Kier alpha value is 0.424. The SMILES string of the molecule is N.[O-2].[O-2].[OH-].[V]. The van der Waals surface area contributed by atoms with Gasteiger partial charge in [0.05, 0.1) is 0 Å². The van der Waals surface area contributed by atoms with E-state index in [0.717, 1.165) is 0 Å². The number of rotatable bonds is 0. The molecule has 5 heavy (non-hydrogen) atoms. The molecule has 0 rings (SSSR count). The molecule has 0 fully saturated rings. The first-order valence-electron chi connectivity index (χ1n) is 0. The molecule has 0 heterocycles. The molecule has 0 unspecified atom stereocenters. The molecule has 0 aliphatic rings. The summed E-state index contributed by atoms with van der Waals surface area (Å²) >= 11 is 0. The molecule has 5 heteroatoms. The van der Waals surface area contributed by atoms with Crippen LogP contribution in [0.15, 0.2) is 0 Å². The van der Waals surface area contributed by atoms with E-state index in [2.05, 4.69) is 0 Å². The Bertz CT molecular complexity index is 6.85. The molecule has 0 saturated heterocycles. The molecule has 0 aliphatic heterocycles. The molecule has 4 N–H and O–H groups in total. The van der Waals surface area contributed by atoms with E-state index in [1.165, 1.54) is 0 Å². The Balaban J connectivity index is 0. The molecule has 0 aromatic carbocycles. The van der Waals surface area contributed by atoms with Crippen LogP contribution in [0.2, 0.25) is 0 Å². The maximum Gasteiger partial charge on any atom is 0 e. The minimum Gasteiger partial charge on any atom is -2.00 e. The summed E-state index contributed by atoms with van der Waals surface area (Å²) < 4.78 is 0. The van der Waals surface area contributed by atoms with Gasteiger partial charge in [0, 0.05) is 18.6 Å². The van der Waals surface area contributed by atoms with Gasteiger partial charge in [-0.3, -0.25) is 0 Å². The average molecular weight is 117 g/mol. The Morgan fingerprint density at radius 3 is 0.800 bits per heavy atom. The molecule has 4 nitrogen and oxygen atoms in total. The van der Waals surface area contributed by atoms with Crippen molar-refractivity contribution in [3.8, 4) is 0 Å². The van der Waals surface area contributed by atoms with Gasteiger partial charge in [0.1, 0.15) is 0 Å². The normalized spacial score (nSPS) is 0. The average Bonchev–Trinajstić information content (AvgIpc) is 0. The molecule has 0 aromatic rings. The van der Waals surface area contributed by atoms with Gasteiger partial charge < -0.3 is 22.6 Å². The van der Waals surface area contributed by atoms with Gasteiger partial charge >= 0.3 is 0 Å². The fourth-order valence-corrected chi connectivity index (χ4v) is 0. The molecule has 0 spiro atoms. The van der Waals surface area contributed by atoms with E-state index in [1.54, 1.807) is 0 Å². The second-order valence-electron chi connectivity index (χ2n) is 0. The van der Waals surface area contributed by atoms with Crippen LogP contribution in [0.4, 0.5) is 0 Å². The Kier molecular flexibility index (Phi) is 34000. The van der Waals surface area contributed by atoms with Gasteiger partial charge in [0.15, 0.2) is 0 Å². The van der Waals surface area contributed by atoms with Crippen LogP contribution in [0.1, 0.15) is 0 Å². The van der Waals surface area contributed by atoms with Crippen molar-refractivity contribution in [2.24, 2.45) is 0 Å². The van der Waals surface area contributed by atoms with E-state index in [1.807, 2.05) is 0 Å². The van der Waals surface area contributed by atoms with Crippen molar-refractivity contribution >= 4 is 0 Å². The summed E-state index contributed by atoms with van der Waals surface area (Å²) in [5, 5.41) is 0. The van der Waals surface area contributed by atoms with Crippen LogP contribution in [0.5, 0.6) is 0 Å². The second-order valence-corrected chi connectivity index (χ2v) is 0. The fourth-order valence-electron chi connectivity index (χ4n) is 0. The van der Waals surface area contributed by atoms with Crippen LogP contribution < -0.4 is 6.15 Å². The van der Waals surface area contributed by atoms with Gasteiger partial charge in [-0.1, -0.05) is 0 Å². The Morgan fingerprint density at radius 2 is 0.800 bits per heavy atom. The van der Waals surface area contributed by atoms with Crippen LogP contribution in [0, 0.1) is 0 Å². The van der Waals surface area contributed by atoms with Crippen LogP contribution >= 0.6 is 0 Å². The second kappa shape index (κ2) is 288. The summed E-state index contributed by atoms with van der Waals surface area (Å²) in [7, 11) is 0. The van der Waals surface area contributed by atoms with Gasteiger partial charge in [-0.25, -0.2) is 0 Å². The maximum absolute atomic E-state index is 0. The molecule has 0 atom stereocenters. The van der Waals surface area contributed by atoms with Crippen LogP contribution in [0.3, 0.4) is 0 Å². The van der Waals surface area contributed by atoms with Crippen molar-refractivity contribution in [3.05, 3.63) is 0 Å². The van der Waals surface area contributed by atoms with E-state index >= 15 is 0 Å². The summed E-state index contributed by atoms with van der Waals surface area (Å²) in [6.45, 7) is 0. The van der Waals surface area contributed by atoms with Crippen LogP contribution in [-0.2, 0) is 29.5 Å². The molecule has 1 radical (unpaired) electrons. The molecule has 0 aromatic heterocycles. The van der Waals surface area contributed by atoms with Crippen molar-refractivity contribution in [1.29, 1.82) is 0 Å². The van der Waals surface area contributed by atoms with Crippen LogP contribution in [0.25, 0.3) is 0 Å². The topological polar surface area (TPSA) is 122 Å². The predicted octanol–water partition coefficient (Wildman–Crippen LogP) is -0.255. The largest absolute Gasteiger partial charge is 2.00 e. The molecular weight excluding hydrogens is 113 g/mol. The molecule has 37 valence electrons. The monoisotopic (exact) mass is 117 g/mol. The van der Waals surface area contributed by atoms with Crippen molar-refractivity contribution in [3.63, 3.8) is 0 Å². The summed E-state index contributed by atoms with van der Waals surface area (Å²) in [5.41, 5.74) is 0. The standard InChI is InChI=1S/H3N.H2O.2O.V/h1H3;1H2;;;/q;;2*-2;/p-1. The van der Waals surface area contributed by atoms with E-state index in [0.29, 0.717) is 0 Å². The zero-order valence-electron chi connectivity index (χ0n) is 2.42.